The van der Waals surface area contributed by atoms with Crippen molar-refractivity contribution in [1.82, 2.24) is 10.0 Å². The van der Waals surface area contributed by atoms with E-state index in [1.807, 2.05) is 24.3 Å². The summed E-state index contributed by atoms with van der Waals surface area (Å²) in [6.45, 7) is 3.19. The Kier molecular flexibility index (Phi) is 8.16. The number of halogens is 3. The molecule has 0 aliphatic carbocycles. The van der Waals surface area contributed by atoms with Crippen molar-refractivity contribution in [3.8, 4) is 5.75 Å². The molecule has 33 heavy (non-hydrogen) atoms. The summed E-state index contributed by atoms with van der Waals surface area (Å²) < 4.78 is 72.3. The number of hydrogen-bond donors (Lipinski definition) is 2. The van der Waals surface area contributed by atoms with Gasteiger partial charge in [-0.2, -0.15) is 0 Å². The molecule has 2 aromatic rings. The van der Waals surface area contributed by atoms with E-state index in [0.29, 0.717) is 19.8 Å². The second-order valence-electron chi connectivity index (χ2n) is 7.21. The fourth-order valence-corrected chi connectivity index (χ4v) is 4.17. The Hall–Kier alpha value is -2.83. The van der Waals surface area contributed by atoms with Gasteiger partial charge in [0.15, 0.2) is 0 Å². The van der Waals surface area contributed by atoms with Crippen LogP contribution in [0.3, 0.4) is 0 Å². The van der Waals surface area contributed by atoms with Gasteiger partial charge in [0.1, 0.15) is 5.75 Å². The number of carbonyl (C=O) groups is 1. The second-order valence-corrected chi connectivity index (χ2v) is 8.98. The molecule has 12 heteroatoms. The molecule has 1 heterocycles. The molecule has 0 bridgehead atoms. The maximum atomic E-state index is 12.2. The number of anilines is 1. The number of amides is 1. The van der Waals surface area contributed by atoms with Crippen LogP contribution in [0.5, 0.6) is 5.75 Å². The highest BCUT2D eigenvalue weighted by atomic mass is 32.2. The summed E-state index contributed by atoms with van der Waals surface area (Å²) in [5, 5.41) is 2.72. The summed E-state index contributed by atoms with van der Waals surface area (Å²) in [7, 11) is -3.98. The van der Waals surface area contributed by atoms with Crippen molar-refractivity contribution in [3.63, 3.8) is 0 Å². The highest BCUT2D eigenvalue weighted by Gasteiger charge is 2.31. The normalized spacial score (nSPS) is 14.7. The standard InChI is InChI=1S/C21H24F3N3O5S/c22-21(23,24)32-18-5-7-19(8-6-18)33(29,30)26-10-9-20(28)25-15-16-1-3-17(4-2-16)27-11-13-31-14-12-27/h1-8,26H,9-15H2,(H,25,28). The molecule has 0 atom stereocenters. The summed E-state index contributed by atoms with van der Waals surface area (Å²) >= 11 is 0. The second kappa shape index (κ2) is 10.9. The maximum absolute atomic E-state index is 12.2. The summed E-state index contributed by atoms with van der Waals surface area (Å²) in [5.41, 5.74) is 1.99. The van der Waals surface area contributed by atoms with Crippen molar-refractivity contribution < 1.29 is 35.9 Å². The van der Waals surface area contributed by atoms with Gasteiger partial charge >= 0.3 is 6.36 Å². The SMILES string of the molecule is O=C(CCNS(=O)(=O)c1ccc(OC(F)(F)F)cc1)NCc1ccc(N2CCOCC2)cc1. The Labute approximate surface area is 189 Å². The molecule has 1 aliphatic heterocycles. The number of ether oxygens (including phenoxy) is 2. The summed E-state index contributed by atoms with van der Waals surface area (Å²) in [5.74, 6) is -0.873. The molecule has 8 nitrogen and oxygen atoms in total. The van der Waals surface area contributed by atoms with E-state index in [4.69, 9.17) is 4.74 Å². The predicted octanol–water partition coefficient (Wildman–Crippen LogP) is 2.41. The molecule has 0 radical (unpaired) electrons. The minimum atomic E-state index is -4.86. The van der Waals surface area contributed by atoms with Gasteiger partial charge in [0.25, 0.3) is 0 Å². The average Bonchev–Trinajstić information content (AvgIpc) is 2.78. The van der Waals surface area contributed by atoms with Gasteiger partial charge in [0, 0.05) is 38.3 Å². The van der Waals surface area contributed by atoms with Gasteiger partial charge in [-0.1, -0.05) is 12.1 Å². The van der Waals surface area contributed by atoms with Crippen molar-refractivity contribution in [3.05, 3.63) is 54.1 Å². The van der Waals surface area contributed by atoms with Gasteiger partial charge in [-0.3, -0.25) is 4.79 Å². The van der Waals surface area contributed by atoms with E-state index in [2.05, 4.69) is 19.7 Å². The molecule has 0 aromatic heterocycles. The average molecular weight is 488 g/mol. The third kappa shape index (κ3) is 7.91. The zero-order valence-corrected chi connectivity index (χ0v) is 18.4. The molecule has 1 aliphatic rings. The van der Waals surface area contributed by atoms with Crippen LogP contribution in [0, 0.1) is 0 Å². The fourth-order valence-electron chi connectivity index (χ4n) is 3.14. The number of carbonyl (C=O) groups excluding carboxylic acids is 1. The van der Waals surface area contributed by atoms with Crippen LogP contribution in [0.15, 0.2) is 53.4 Å². The van der Waals surface area contributed by atoms with Crippen LogP contribution < -0.4 is 19.7 Å². The van der Waals surface area contributed by atoms with E-state index in [-0.39, 0.29) is 23.8 Å². The van der Waals surface area contributed by atoms with Gasteiger partial charge < -0.3 is 19.7 Å². The highest BCUT2D eigenvalue weighted by Crippen LogP contribution is 2.23. The first-order valence-corrected chi connectivity index (χ1v) is 11.6. The lowest BCUT2D eigenvalue weighted by Crippen LogP contribution is -2.36. The number of alkyl halides is 3. The van der Waals surface area contributed by atoms with Gasteiger partial charge in [0.05, 0.1) is 18.1 Å². The smallest absolute Gasteiger partial charge is 0.406 e. The number of morpholine rings is 1. The molecule has 2 aromatic carbocycles. The lowest BCUT2D eigenvalue weighted by Gasteiger charge is -2.28. The number of benzene rings is 2. The van der Waals surface area contributed by atoms with Crippen LogP contribution in [0.1, 0.15) is 12.0 Å². The third-order valence-corrected chi connectivity index (χ3v) is 6.29. The van der Waals surface area contributed by atoms with Crippen molar-refractivity contribution >= 4 is 21.6 Å². The molecular formula is C21H24F3N3O5S. The fraction of sp³-hybridized carbons (Fsp3) is 0.381. The molecule has 0 spiro atoms. The topological polar surface area (TPSA) is 97.0 Å². The quantitative estimate of drug-likeness (QED) is 0.564. The molecule has 2 N–H and O–H groups in total. The predicted molar refractivity (Wildman–Crippen MR) is 114 cm³/mol. The Morgan fingerprint density at radius 3 is 2.27 bits per heavy atom. The van der Waals surface area contributed by atoms with Crippen LogP contribution >= 0.6 is 0 Å². The van der Waals surface area contributed by atoms with E-state index < -0.39 is 22.1 Å². The first-order chi connectivity index (χ1) is 15.6. The van der Waals surface area contributed by atoms with Crippen LogP contribution in [-0.2, 0) is 26.1 Å². The Bertz CT molecular complexity index is 1020. The number of hydrogen-bond acceptors (Lipinski definition) is 6. The molecule has 180 valence electrons. The number of nitrogens with zero attached hydrogens (tertiary/aromatic N) is 1. The van der Waals surface area contributed by atoms with Gasteiger partial charge in [-0.15, -0.1) is 13.2 Å². The monoisotopic (exact) mass is 487 g/mol. The van der Waals surface area contributed by atoms with E-state index >= 15 is 0 Å². The molecule has 1 saturated heterocycles. The van der Waals surface area contributed by atoms with Crippen LogP contribution in [0.4, 0.5) is 18.9 Å². The minimum absolute atomic E-state index is 0.0969. The molecular weight excluding hydrogens is 463 g/mol. The highest BCUT2D eigenvalue weighted by molar-refractivity contribution is 7.89. The van der Waals surface area contributed by atoms with Gasteiger partial charge in [0.2, 0.25) is 15.9 Å². The Morgan fingerprint density at radius 2 is 1.67 bits per heavy atom. The van der Waals surface area contributed by atoms with Crippen LogP contribution in [0.2, 0.25) is 0 Å². The molecule has 0 saturated carbocycles. The maximum Gasteiger partial charge on any atom is 0.573 e. The van der Waals surface area contributed by atoms with Crippen molar-refractivity contribution in [2.24, 2.45) is 0 Å². The van der Waals surface area contributed by atoms with Crippen molar-refractivity contribution in [1.29, 1.82) is 0 Å². The van der Waals surface area contributed by atoms with Crippen LogP contribution in [-0.4, -0.2) is 53.5 Å². The Balaban J connectivity index is 1.41. The third-order valence-electron chi connectivity index (χ3n) is 4.81. The zero-order chi connectivity index (χ0) is 23.9. The Morgan fingerprint density at radius 1 is 1.03 bits per heavy atom. The first-order valence-electron chi connectivity index (χ1n) is 10.2. The largest absolute Gasteiger partial charge is 0.573 e. The van der Waals surface area contributed by atoms with E-state index in [0.717, 1.165) is 48.6 Å². The number of rotatable bonds is 9. The number of sulfonamides is 1. The van der Waals surface area contributed by atoms with Crippen molar-refractivity contribution in [2.45, 2.75) is 24.2 Å². The molecule has 1 fully saturated rings. The minimum Gasteiger partial charge on any atom is -0.406 e. The van der Waals surface area contributed by atoms with E-state index in [9.17, 15) is 26.4 Å². The van der Waals surface area contributed by atoms with Gasteiger partial charge in [-0.05, 0) is 42.0 Å². The van der Waals surface area contributed by atoms with Gasteiger partial charge in [-0.25, -0.2) is 13.1 Å². The molecule has 1 amide bonds. The van der Waals surface area contributed by atoms with E-state index in [1.165, 1.54) is 0 Å². The molecule has 3 rings (SSSR count). The summed E-state index contributed by atoms with van der Waals surface area (Å²) in [4.78, 5) is 14.0. The lowest BCUT2D eigenvalue weighted by atomic mass is 10.2. The summed E-state index contributed by atoms with van der Waals surface area (Å²) in [6, 6.07) is 11.6. The lowest BCUT2D eigenvalue weighted by molar-refractivity contribution is -0.274. The van der Waals surface area contributed by atoms with Crippen molar-refractivity contribution in [2.75, 3.05) is 37.7 Å². The summed E-state index contributed by atoms with van der Waals surface area (Å²) in [6.07, 6.45) is -4.96. The van der Waals surface area contributed by atoms with Crippen LogP contribution in [0.25, 0.3) is 0 Å². The molecule has 0 unspecified atom stereocenters. The first kappa shape index (κ1) is 24.8. The zero-order valence-electron chi connectivity index (χ0n) is 17.6. The van der Waals surface area contributed by atoms with E-state index in [1.54, 1.807) is 0 Å². The number of nitrogens with one attached hydrogen (secondary N) is 2.